The molecule has 0 bridgehead atoms. The van der Waals surface area contributed by atoms with Crippen LogP contribution in [0.1, 0.15) is 6.92 Å². The third-order valence-electron chi connectivity index (χ3n) is 2.78. The zero-order chi connectivity index (χ0) is 12.3. The lowest BCUT2D eigenvalue weighted by Crippen LogP contribution is -2.30. The SMILES string of the molecule is CSC(CO)C(C)Nc1snc2ccccc12. The highest BCUT2D eigenvalue weighted by Gasteiger charge is 2.16. The van der Waals surface area contributed by atoms with Crippen molar-refractivity contribution in [1.82, 2.24) is 4.37 Å². The highest BCUT2D eigenvalue weighted by molar-refractivity contribution is 7.99. The van der Waals surface area contributed by atoms with Crippen LogP contribution in [-0.2, 0) is 0 Å². The summed E-state index contributed by atoms with van der Waals surface area (Å²) in [5.41, 5.74) is 1.02. The lowest BCUT2D eigenvalue weighted by Gasteiger charge is -2.21. The maximum absolute atomic E-state index is 9.27. The first-order valence-electron chi connectivity index (χ1n) is 5.51. The predicted molar refractivity (Wildman–Crippen MR) is 77.1 cm³/mol. The Morgan fingerprint density at radius 1 is 1.47 bits per heavy atom. The summed E-state index contributed by atoms with van der Waals surface area (Å²) in [5, 5.41) is 15.2. The molecule has 0 radical (unpaired) electrons. The van der Waals surface area contributed by atoms with Gasteiger partial charge in [-0.1, -0.05) is 12.1 Å². The molecule has 2 N–H and O–H groups in total. The molecule has 1 aromatic heterocycles. The number of nitrogens with zero attached hydrogens (tertiary/aromatic N) is 1. The number of benzene rings is 1. The van der Waals surface area contributed by atoms with Crippen LogP contribution in [0.5, 0.6) is 0 Å². The van der Waals surface area contributed by atoms with Gasteiger partial charge >= 0.3 is 0 Å². The first kappa shape index (κ1) is 12.7. The highest BCUT2D eigenvalue weighted by Crippen LogP contribution is 2.29. The molecule has 2 atom stereocenters. The average molecular weight is 268 g/mol. The first-order chi connectivity index (χ1) is 8.26. The van der Waals surface area contributed by atoms with Crippen LogP contribution in [0.2, 0.25) is 0 Å². The molecule has 1 aromatic carbocycles. The van der Waals surface area contributed by atoms with Crippen molar-refractivity contribution in [3.05, 3.63) is 24.3 Å². The normalized spacial score (nSPS) is 14.8. The van der Waals surface area contributed by atoms with Crippen molar-refractivity contribution in [2.24, 2.45) is 0 Å². The minimum Gasteiger partial charge on any atom is -0.395 e. The Hall–Kier alpha value is -0.780. The summed E-state index contributed by atoms with van der Waals surface area (Å²) in [5.74, 6) is 0. The van der Waals surface area contributed by atoms with Crippen molar-refractivity contribution in [2.45, 2.75) is 18.2 Å². The largest absolute Gasteiger partial charge is 0.395 e. The van der Waals surface area contributed by atoms with E-state index in [9.17, 15) is 5.11 Å². The number of hydrogen-bond acceptors (Lipinski definition) is 5. The summed E-state index contributed by atoms with van der Waals surface area (Å²) in [6, 6.07) is 8.32. The molecule has 0 aliphatic carbocycles. The number of aliphatic hydroxyl groups is 1. The van der Waals surface area contributed by atoms with Crippen LogP contribution in [0.15, 0.2) is 24.3 Å². The van der Waals surface area contributed by atoms with Gasteiger partial charge in [0.2, 0.25) is 0 Å². The van der Waals surface area contributed by atoms with Crippen LogP contribution in [0.25, 0.3) is 10.9 Å². The second kappa shape index (κ2) is 5.71. The van der Waals surface area contributed by atoms with Crippen LogP contribution in [-0.4, -0.2) is 33.6 Å². The zero-order valence-electron chi connectivity index (χ0n) is 9.88. The number of hydrogen-bond donors (Lipinski definition) is 2. The Morgan fingerprint density at radius 3 is 2.94 bits per heavy atom. The van der Waals surface area contributed by atoms with E-state index in [-0.39, 0.29) is 17.9 Å². The number of nitrogens with one attached hydrogen (secondary N) is 1. The lowest BCUT2D eigenvalue weighted by molar-refractivity contribution is 0.288. The van der Waals surface area contributed by atoms with Crippen molar-refractivity contribution >= 4 is 39.2 Å². The lowest BCUT2D eigenvalue weighted by atomic mass is 10.2. The van der Waals surface area contributed by atoms with Gasteiger partial charge in [0.15, 0.2) is 0 Å². The van der Waals surface area contributed by atoms with Crippen molar-refractivity contribution in [3.63, 3.8) is 0 Å². The number of aromatic nitrogens is 1. The fourth-order valence-corrected chi connectivity index (χ4v) is 3.21. The fourth-order valence-electron chi connectivity index (χ4n) is 1.73. The van der Waals surface area contributed by atoms with Crippen molar-refractivity contribution in [1.29, 1.82) is 0 Å². The number of anilines is 1. The monoisotopic (exact) mass is 268 g/mol. The molecule has 0 amide bonds. The molecule has 0 fully saturated rings. The molecule has 92 valence electrons. The quantitative estimate of drug-likeness (QED) is 0.875. The summed E-state index contributed by atoms with van der Waals surface area (Å²) >= 11 is 3.15. The van der Waals surface area contributed by atoms with Crippen molar-refractivity contribution in [3.8, 4) is 0 Å². The minimum atomic E-state index is 0.187. The molecule has 2 unspecified atom stereocenters. The Kier molecular flexibility index (Phi) is 4.25. The Labute approximate surface area is 109 Å². The smallest absolute Gasteiger partial charge is 0.117 e. The van der Waals surface area contributed by atoms with Crippen LogP contribution >= 0.6 is 23.3 Å². The van der Waals surface area contributed by atoms with Crippen LogP contribution in [0.3, 0.4) is 0 Å². The molecule has 5 heteroatoms. The molecule has 3 nitrogen and oxygen atoms in total. The predicted octanol–water partition coefficient (Wildman–Crippen LogP) is 2.82. The third-order valence-corrected chi connectivity index (χ3v) is 4.75. The molecule has 0 aliphatic heterocycles. The van der Waals surface area contributed by atoms with E-state index in [1.807, 2.05) is 24.5 Å². The van der Waals surface area contributed by atoms with E-state index in [0.29, 0.717) is 0 Å². The topological polar surface area (TPSA) is 45.1 Å². The van der Waals surface area contributed by atoms with Gasteiger partial charge in [-0.15, -0.1) is 0 Å². The summed E-state index contributed by atoms with van der Waals surface area (Å²) < 4.78 is 4.39. The highest BCUT2D eigenvalue weighted by atomic mass is 32.2. The maximum Gasteiger partial charge on any atom is 0.117 e. The Bertz CT molecular complexity index is 482. The second-order valence-corrected chi connectivity index (χ2v) is 5.77. The van der Waals surface area contributed by atoms with Crippen LogP contribution < -0.4 is 5.32 Å². The van der Waals surface area contributed by atoms with Gasteiger partial charge in [-0.3, -0.25) is 0 Å². The van der Waals surface area contributed by atoms with Crippen molar-refractivity contribution < 1.29 is 5.11 Å². The zero-order valence-corrected chi connectivity index (χ0v) is 11.5. The Balaban J connectivity index is 2.18. The number of rotatable bonds is 5. The van der Waals surface area contributed by atoms with Crippen LogP contribution in [0.4, 0.5) is 5.00 Å². The molecular formula is C12H16N2OS2. The van der Waals surface area contributed by atoms with E-state index in [0.717, 1.165) is 15.9 Å². The summed E-state index contributed by atoms with van der Waals surface area (Å²) in [6.45, 7) is 2.28. The molecular weight excluding hydrogens is 252 g/mol. The van der Waals surface area contributed by atoms with E-state index in [1.165, 1.54) is 11.5 Å². The molecule has 2 rings (SSSR count). The van der Waals surface area contributed by atoms with Gasteiger partial charge < -0.3 is 10.4 Å². The van der Waals surface area contributed by atoms with E-state index >= 15 is 0 Å². The standard InChI is InChI=1S/C12H16N2OS2/c1-8(11(7-15)16-2)13-12-9-5-3-4-6-10(9)14-17-12/h3-6,8,11,13,15H,7H2,1-2H3. The van der Waals surface area contributed by atoms with Gasteiger partial charge in [-0.2, -0.15) is 16.1 Å². The van der Waals surface area contributed by atoms with E-state index < -0.39 is 0 Å². The maximum atomic E-state index is 9.27. The molecule has 1 heterocycles. The van der Waals surface area contributed by atoms with Crippen molar-refractivity contribution in [2.75, 3.05) is 18.2 Å². The van der Waals surface area contributed by atoms with Crippen LogP contribution in [0, 0.1) is 0 Å². The van der Waals surface area contributed by atoms with Gasteiger partial charge in [0, 0.05) is 16.7 Å². The third kappa shape index (κ3) is 2.73. The molecule has 0 aliphatic rings. The first-order valence-corrected chi connectivity index (χ1v) is 7.57. The number of fused-ring (bicyclic) bond motifs is 1. The van der Waals surface area contributed by atoms with Gasteiger partial charge in [0.25, 0.3) is 0 Å². The molecule has 0 spiro atoms. The fraction of sp³-hybridized carbons (Fsp3) is 0.417. The second-order valence-electron chi connectivity index (χ2n) is 3.92. The minimum absolute atomic E-state index is 0.187. The van der Waals surface area contributed by atoms with Gasteiger partial charge in [-0.05, 0) is 36.8 Å². The van der Waals surface area contributed by atoms with E-state index in [4.69, 9.17) is 0 Å². The molecule has 17 heavy (non-hydrogen) atoms. The Morgan fingerprint density at radius 2 is 2.24 bits per heavy atom. The number of thioether (sulfide) groups is 1. The van der Waals surface area contributed by atoms with Gasteiger partial charge in [-0.25, -0.2) is 0 Å². The molecule has 0 saturated carbocycles. The number of aliphatic hydroxyl groups excluding tert-OH is 1. The summed E-state index contributed by atoms with van der Waals surface area (Å²) in [6.07, 6.45) is 2.02. The average Bonchev–Trinajstić information content (AvgIpc) is 2.74. The molecule has 0 saturated heterocycles. The van der Waals surface area contributed by atoms with E-state index in [2.05, 4.69) is 22.7 Å². The van der Waals surface area contributed by atoms with Gasteiger partial charge in [0.1, 0.15) is 5.00 Å². The molecule has 2 aromatic rings. The summed E-state index contributed by atoms with van der Waals surface area (Å²) in [4.78, 5) is 0. The summed E-state index contributed by atoms with van der Waals surface area (Å²) in [7, 11) is 0. The van der Waals surface area contributed by atoms with Gasteiger partial charge in [0.05, 0.1) is 12.1 Å². The van der Waals surface area contributed by atoms with E-state index in [1.54, 1.807) is 11.8 Å².